The maximum atomic E-state index is 13.4. The largest absolute Gasteiger partial charge is 0.507 e. The Labute approximate surface area is 183 Å². The molecule has 0 bridgehead atoms. The van der Waals surface area contributed by atoms with Crippen LogP contribution < -0.4 is 4.90 Å². The van der Waals surface area contributed by atoms with Gasteiger partial charge in [-0.2, -0.15) is 0 Å². The summed E-state index contributed by atoms with van der Waals surface area (Å²) in [5, 5.41) is 12.7. The summed E-state index contributed by atoms with van der Waals surface area (Å²) < 4.78 is 13.4. The monoisotopic (exact) mass is 424 g/mol. The number of aliphatic hydroxyl groups excluding tert-OH is 1. The lowest BCUT2D eigenvalue weighted by Gasteiger charge is -2.25. The third-order valence-electron chi connectivity index (χ3n) is 5.56. The molecule has 1 N–H and O–H groups in total. The van der Waals surface area contributed by atoms with E-state index in [1.807, 2.05) is 36.4 Å². The second kappa shape index (κ2) is 7.74. The van der Waals surface area contributed by atoms with Crippen LogP contribution in [-0.2, 0) is 9.59 Å². The Morgan fingerprint density at radius 2 is 1.59 bits per heavy atom. The molecular formula is C26H17FN2O3. The molecule has 2 heterocycles. The smallest absolute Gasteiger partial charge is 0.300 e. The second-order valence-corrected chi connectivity index (χ2v) is 7.43. The molecule has 6 heteroatoms. The molecule has 0 saturated carbocycles. The van der Waals surface area contributed by atoms with Gasteiger partial charge in [-0.25, -0.2) is 4.39 Å². The molecule has 1 fully saturated rings. The molecule has 4 aromatic rings. The quantitative estimate of drug-likeness (QED) is 0.285. The number of anilines is 1. The van der Waals surface area contributed by atoms with Crippen LogP contribution in [0.4, 0.5) is 10.1 Å². The molecule has 1 aliphatic heterocycles. The van der Waals surface area contributed by atoms with E-state index in [2.05, 4.69) is 4.98 Å². The van der Waals surface area contributed by atoms with Crippen LogP contribution in [0, 0.1) is 5.82 Å². The third kappa shape index (κ3) is 3.13. The number of fused-ring (bicyclic) bond motifs is 1. The van der Waals surface area contributed by atoms with Gasteiger partial charge in [0, 0.05) is 17.1 Å². The number of pyridine rings is 1. The number of aliphatic hydroxyl groups is 1. The van der Waals surface area contributed by atoms with Crippen LogP contribution in [0.5, 0.6) is 0 Å². The molecule has 5 nitrogen and oxygen atoms in total. The van der Waals surface area contributed by atoms with Crippen LogP contribution in [0.1, 0.15) is 17.3 Å². The van der Waals surface area contributed by atoms with Crippen molar-refractivity contribution in [2.24, 2.45) is 0 Å². The fraction of sp³-hybridized carbons (Fsp3) is 0.0385. The molecule has 1 amide bonds. The Morgan fingerprint density at radius 3 is 2.34 bits per heavy atom. The fourth-order valence-corrected chi connectivity index (χ4v) is 4.08. The predicted molar refractivity (Wildman–Crippen MR) is 119 cm³/mol. The molecule has 1 saturated heterocycles. The van der Waals surface area contributed by atoms with Crippen molar-refractivity contribution < 1.29 is 19.1 Å². The van der Waals surface area contributed by atoms with Gasteiger partial charge < -0.3 is 5.11 Å². The van der Waals surface area contributed by atoms with E-state index in [0.29, 0.717) is 11.4 Å². The van der Waals surface area contributed by atoms with E-state index in [1.165, 1.54) is 29.2 Å². The summed E-state index contributed by atoms with van der Waals surface area (Å²) in [5.41, 5.74) is 1.12. The molecule has 1 aromatic heterocycles. The van der Waals surface area contributed by atoms with Crippen LogP contribution in [0.3, 0.4) is 0 Å². The number of benzene rings is 3. The molecule has 0 spiro atoms. The van der Waals surface area contributed by atoms with Crippen LogP contribution in [0.2, 0.25) is 0 Å². The standard InChI is InChI=1S/C26H17FN2O3/c27-18-13-11-17(12-14-18)24(30)22-23(20-9-3-4-15-28-20)29(26(32)25(22)31)21-10-5-7-16-6-1-2-8-19(16)21/h1-15,23,30H/b24-22+. The highest BCUT2D eigenvalue weighted by molar-refractivity contribution is 6.52. The van der Waals surface area contributed by atoms with Crippen LogP contribution in [-0.4, -0.2) is 21.8 Å². The Kier molecular flexibility index (Phi) is 4.75. The first-order chi connectivity index (χ1) is 15.6. The number of hydrogen-bond acceptors (Lipinski definition) is 4. The number of rotatable bonds is 3. The number of halogens is 1. The van der Waals surface area contributed by atoms with E-state index in [9.17, 15) is 19.1 Å². The van der Waals surface area contributed by atoms with E-state index < -0.39 is 23.5 Å². The van der Waals surface area contributed by atoms with Crippen molar-refractivity contribution in [1.82, 2.24) is 4.98 Å². The number of carbonyl (C=O) groups is 2. The van der Waals surface area contributed by atoms with Gasteiger partial charge in [0.25, 0.3) is 11.7 Å². The average molecular weight is 424 g/mol. The van der Waals surface area contributed by atoms with Gasteiger partial charge in [0.05, 0.1) is 17.0 Å². The van der Waals surface area contributed by atoms with Crippen molar-refractivity contribution in [3.63, 3.8) is 0 Å². The fourth-order valence-electron chi connectivity index (χ4n) is 4.08. The molecule has 5 rings (SSSR count). The highest BCUT2D eigenvalue weighted by Crippen LogP contribution is 2.43. The van der Waals surface area contributed by atoms with E-state index in [0.717, 1.165) is 10.8 Å². The maximum absolute atomic E-state index is 13.4. The zero-order valence-corrected chi connectivity index (χ0v) is 16.8. The number of Topliss-reactive ketones (excluding diaryl/α,β-unsaturated/α-hetero) is 1. The SMILES string of the molecule is O=C1C(=O)N(c2cccc3ccccc23)C(c2ccccn2)/C1=C(\O)c1ccc(F)cc1. The van der Waals surface area contributed by atoms with Gasteiger partial charge in [0.1, 0.15) is 17.6 Å². The summed E-state index contributed by atoms with van der Waals surface area (Å²) in [7, 11) is 0. The van der Waals surface area contributed by atoms with Gasteiger partial charge in [0.2, 0.25) is 0 Å². The highest BCUT2D eigenvalue weighted by Gasteiger charge is 2.48. The van der Waals surface area contributed by atoms with E-state index >= 15 is 0 Å². The minimum atomic E-state index is -0.938. The Hall–Kier alpha value is -4.32. The number of ketones is 1. The first kappa shape index (κ1) is 19.6. The topological polar surface area (TPSA) is 70.5 Å². The molecular weight excluding hydrogens is 407 g/mol. The van der Waals surface area contributed by atoms with Crippen molar-refractivity contribution in [2.45, 2.75) is 6.04 Å². The summed E-state index contributed by atoms with van der Waals surface area (Å²) in [5.74, 6) is -2.43. The molecule has 1 unspecified atom stereocenters. The first-order valence-corrected chi connectivity index (χ1v) is 10.0. The molecule has 1 atom stereocenters. The van der Waals surface area contributed by atoms with Crippen molar-refractivity contribution in [2.75, 3.05) is 4.90 Å². The van der Waals surface area contributed by atoms with Crippen molar-refractivity contribution in [1.29, 1.82) is 0 Å². The molecule has 0 radical (unpaired) electrons. The van der Waals surface area contributed by atoms with Gasteiger partial charge >= 0.3 is 0 Å². The second-order valence-electron chi connectivity index (χ2n) is 7.43. The van der Waals surface area contributed by atoms with Crippen molar-refractivity contribution in [3.8, 4) is 0 Å². The molecule has 32 heavy (non-hydrogen) atoms. The van der Waals surface area contributed by atoms with E-state index in [1.54, 1.807) is 30.5 Å². The van der Waals surface area contributed by atoms with E-state index in [-0.39, 0.29) is 16.9 Å². The lowest BCUT2D eigenvalue weighted by Crippen LogP contribution is -2.30. The number of carbonyl (C=O) groups excluding carboxylic acids is 2. The molecule has 3 aromatic carbocycles. The minimum Gasteiger partial charge on any atom is -0.507 e. The van der Waals surface area contributed by atoms with Gasteiger partial charge in [0.15, 0.2) is 0 Å². The van der Waals surface area contributed by atoms with Gasteiger partial charge in [-0.05, 0) is 47.9 Å². The predicted octanol–water partition coefficient (Wildman–Crippen LogP) is 5.00. The number of nitrogens with zero attached hydrogens (tertiary/aromatic N) is 2. The summed E-state index contributed by atoms with van der Waals surface area (Å²) in [6.07, 6.45) is 1.57. The lowest BCUT2D eigenvalue weighted by molar-refractivity contribution is -0.132. The zero-order valence-electron chi connectivity index (χ0n) is 16.8. The first-order valence-electron chi connectivity index (χ1n) is 10.0. The summed E-state index contributed by atoms with van der Waals surface area (Å²) in [6, 6.07) is 22.4. The average Bonchev–Trinajstić information content (AvgIpc) is 3.09. The number of hydrogen-bond donors (Lipinski definition) is 1. The van der Waals surface area contributed by atoms with Gasteiger partial charge in [-0.3, -0.25) is 19.5 Å². The van der Waals surface area contributed by atoms with Crippen molar-refractivity contribution in [3.05, 3.63) is 114 Å². The third-order valence-corrected chi connectivity index (χ3v) is 5.56. The lowest BCUT2D eigenvalue weighted by atomic mass is 9.97. The van der Waals surface area contributed by atoms with E-state index in [4.69, 9.17) is 0 Å². The van der Waals surface area contributed by atoms with Gasteiger partial charge in [-0.1, -0.05) is 42.5 Å². The minimum absolute atomic E-state index is 0.0896. The number of aromatic nitrogens is 1. The highest BCUT2D eigenvalue weighted by atomic mass is 19.1. The molecule has 1 aliphatic rings. The van der Waals surface area contributed by atoms with Crippen LogP contribution >= 0.6 is 0 Å². The maximum Gasteiger partial charge on any atom is 0.300 e. The molecule has 0 aliphatic carbocycles. The van der Waals surface area contributed by atoms with Crippen molar-refractivity contribution >= 4 is 33.9 Å². The van der Waals surface area contributed by atoms with Crippen LogP contribution in [0.15, 0.2) is 96.7 Å². The van der Waals surface area contributed by atoms with Gasteiger partial charge in [-0.15, -0.1) is 0 Å². The summed E-state index contributed by atoms with van der Waals surface area (Å²) >= 11 is 0. The summed E-state index contributed by atoms with van der Waals surface area (Å²) in [6.45, 7) is 0. The Bertz CT molecular complexity index is 1380. The Morgan fingerprint density at radius 1 is 0.875 bits per heavy atom. The Balaban J connectivity index is 1.77. The number of amides is 1. The molecule has 156 valence electrons. The van der Waals surface area contributed by atoms with Crippen LogP contribution in [0.25, 0.3) is 16.5 Å². The summed E-state index contributed by atoms with van der Waals surface area (Å²) in [4.78, 5) is 32.2. The normalized spacial score (nSPS) is 17.8. The zero-order chi connectivity index (χ0) is 22.2.